The van der Waals surface area contributed by atoms with E-state index in [1.807, 2.05) is 82.6 Å². The molecule has 3 heterocycles. The number of para-hydroxylation sites is 4. The molecule has 0 aliphatic carbocycles. The van der Waals surface area contributed by atoms with Crippen molar-refractivity contribution < 1.29 is 29.3 Å². The van der Waals surface area contributed by atoms with Gasteiger partial charge in [0.05, 0.1) is 23.3 Å². The number of aromatic nitrogens is 1. The van der Waals surface area contributed by atoms with Gasteiger partial charge >= 0.3 is 21.1 Å². The van der Waals surface area contributed by atoms with Crippen LogP contribution in [0.1, 0.15) is 36.0 Å². The molecule has 0 radical (unpaired) electrons. The van der Waals surface area contributed by atoms with Crippen LogP contribution in [0.4, 0.5) is 34.1 Å². The zero-order valence-electron chi connectivity index (χ0n) is 35.0. The SMILES string of the molecule is N#Cc1ccc2[n-]c3ccc(C#N)cc3c2c1.[2H]C([2H])([2H])N1[CH-]N(c2[c-]c(N3[CH-]N(C([2H])([2H])[2H])c4ccccc43)cc(-c3c(C)cc(C)cc3C)c2)c2ccccc21.[Pt+4]. The Morgan fingerprint density at radius 3 is 1.51 bits per heavy atom. The molecule has 9 rings (SSSR count). The summed E-state index contributed by atoms with van der Waals surface area (Å²) < 4.78 is 48.7. The second-order valence-corrected chi connectivity index (χ2v) is 12.9. The molecular weight excluding hydrogens is 834 g/mol. The number of anilines is 6. The third-order valence-corrected chi connectivity index (χ3v) is 9.37. The molecule has 0 amide bonds. The molecule has 0 spiro atoms. The van der Waals surface area contributed by atoms with Gasteiger partial charge in [-0.2, -0.15) is 23.9 Å². The Kier molecular flexibility index (Phi) is 7.65. The van der Waals surface area contributed by atoms with Gasteiger partial charge in [0.15, 0.2) is 0 Å². The third-order valence-electron chi connectivity index (χ3n) is 9.37. The zero-order chi connectivity index (χ0) is 41.1. The van der Waals surface area contributed by atoms with Gasteiger partial charge in [-0.25, -0.2) is 0 Å². The van der Waals surface area contributed by atoms with Crippen LogP contribution in [0.15, 0.2) is 109 Å². The molecule has 7 nitrogen and oxygen atoms in total. The van der Waals surface area contributed by atoms with E-state index < -0.39 is 14.0 Å². The van der Waals surface area contributed by atoms with Crippen molar-refractivity contribution in [2.75, 3.05) is 33.6 Å². The standard InChI is InChI=1S/C31H29N4.C14H6N3.Pt/c1-21-14-22(2)31(23(3)15-21)24-16-25(34-19-32(4)27-10-6-8-12-29(27)34)18-26(17-24)35-20-33(5)28-11-7-9-13-30(28)35;15-7-9-1-3-13-11(5-9)12-6-10(8-16)2-4-14(12)17-13;/h6-17,19-20H,1-5H3;1-6H;/q-3;-1;+4/i4D3,5D3;;. The Morgan fingerprint density at radius 2 is 1.08 bits per heavy atom. The van der Waals surface area contributed by atoms with Gasteiger partial charge in [-0.15, -0.1) is 46.2 Å². The summed E-state index contributed by atoms with van der Waals surface area (Å²) in [4.78, 5) is 10.7. The largest absolute Gasteiger partial charge is 4.00 e. The predicted molar refractivity (Wildman–Crippen MR) is 212 cm³/mol. The van der Waals surface area contributed by atoms with Crippen molar-refractivity contribution in [2.24, 2.45) is 0 Å². The summed E-state index contributed by atoms with van der Waals surface area (Å²) in [6, 6.07) is 41.5. The minimum absolute atomic E-state index is 0. The molecule has 0 saturated heterocycles. The number of aryl methyl sites for hydroxylation is 3. The van der Waals surface area contributed by atoms with Crippen LogP contribution < -0.4 is 24.6 Å². The number of benzene rings is 6. The fraction of sp³-hybridized carbons (Fsp3) is 0.111. The number of rotatable bonds is 3. The minimum Gasteiger partial charge on any atom is -0.657 e. The molecule has 2 aliphatic rings. The fourth-order valence-corrected chi connectivity index (χ4v) is 7.15. The topological polar surface area (TPSA) is 74.6 Å². The molecule has 260 valence electrons. The minimum atomic E-state index is -2.38. The molecule has 2 aliphatic heterocycles. The zero-order valence-corrected chi connectivity index (χ0v) is 31.3. The van der Waals surface area contributed by atoms with Gasteiger partial charge in [-0.1, -0.05) is 54.1 Å². The van der Waals surface area contributed by atoms with Crippen molar-refractivity contribution in [3.63, 3.8) is 0 Å². The molecule has 0 N–H and O–H groups in total. The van der Waals surface area contributed by atoms with Gasteiger partial charge < -0.3 is 24.6 Å². The molecule has 0 atom stereocenters. The van der Waals surface area contributed by atoms with Crippen LogP contribution in [0.5, 0.6) is 0 Å². The maximum absolute atomic E-state index is 8.88. The number of hydrogen-bond donors (Lipinski definition) is 0. The quantitative estimate of drug-likeness (QED) is 0.164. The van der Waals surface area contributed by atoms with E-state index in [-0.39, 0.29) is 21.1 Å². The first-order chi connectivity index (χ1) is 27.6. The van der Waals surface area contributed by atoms with Crippen LogP contribution >= 0.6 is 0 Å². The average Bonchev–Trinajstić information content (AvgIpc) is 3.89. The summed E-state index contributed by atoms with van der Waals surface area (Å²) in [5.74, 6) is 0. The van der Waals surface area contributed by atoms with E-state index in [4.69, 9.17) is 18.7 Å². The Balaban J connectivity index is 0.000000244. The van der Waals surface area contributed by atoms with Crippen LogP contribution in [0, 0.1) is 62.8 Å². The summed E-state index contributed by atoms with van der Waals surface area (Å²) in [6.45, 7) is 4.64. The van der Waals surface area contributed by atoms with Crippen LogP contribution in [-0.2, 0) is 21.1 Å². The second kappa shape index (κ2) is 14.2. The number of hydrogen-bond acceptors (Lipinski definition) is 6. The first kappa shape index (κ1) is 28.6. The van der Waals surface area contributed by atoms with Crippen molar-refractivity contribution in [1.29, 1.82) is 10.5 Å². The average molecular weight is 875 g/mol. The van der Waals surface area contributed by atoms with Gasteiger partial charge in [0.25, 0.3) is 0 Å². The van der Waals surface area contributed by atoms with Crippen LogP contribution in [0.3, 0.4) is 0 Å². The summed E-state index contributed by atoms with van der Waals surface area (Å²) in [5.41, 5.74) is 12.1. The van der Waals surface area contributed by atoms with Crippen molar-refractivity contribution >= 4 is 55.9 Å². The van der Waals surface area contributed by atoms with Gasteiger partial charge in [0.1, 0.15) is 0 Å². The van der Waals surface area contributed by atoms with Gasteiger partial charge in [-0.05, 0) is 111 Å². The first-order valence-electron chi connectivity index (χ1n) is 19.7. The maximum atomic E-state index is 8.88. The second-order valence-electron chi connectivity index (χ2n) is 12.9. The maximum Gasteiger partial charge on any atom is 4.00 e. The summed E-state index contributed by atoms with van der Waals surface area (Å²) in [7, 11) is 0. The van der Waals surface area contributed by atoms with E-state index in [9.17, 15) is 0 Å². The molecule has 0 fully saturated rings. The molecule has 0 unspecified atom stereocenters. The van der Waals surface area contributed by atoms with Gasteiger partial charge in [0, 0.05) is 31.0 Å². The van der Waals surface area contributed by atoms with E-state index >= 15 is 0 Å². The summed E-state index contributed by atoms with van der Waals surface area (Å²) in [6.07, 6.45) is 0. The molecule has 6 aromatic carbocycles. The first-order valence-corrected chi connectivity index (χ1v) is 16.7. The van der Waals surface area contributed by atoms with E-state index in [2.05, 4.69) is 56.1 Å². The van der Waals surface area contributed by atoms with Crippen molar-refractivity contribution in [1.82, 2.24) is 4.98 Å². The number of nitriles is 2. The van der Waals surface area contributed by atoms with Gasteiger partial charge in [0.2, 0.25) is 0 Å². The number of fused-ring (bicyclic) bond motifs is 5. The molecule has 0 bridgehead atoms. The van der Waals surface area contributed by atoms with Crippen molar-refractivity contribution in [3.8, 4) is 23.3 Å². The normalized spacial score (nSPS) is 15.0. The predicted octanol–water partition coefficient (Wildman–Crippen LogP) is 10.2. The van der Waals surface area contributed by atoms with Crippen LogP contribution in [0.25, 0.3) is 32.9 Å². The van der Waals surface area contributed by atoms with E-state index in [0.29, 0.717) is 33.9 Å². The van der Waals surface area contributed by atoms with E-state index in [0.717, 1.165) is 61.0 Å². The molecule has 53 heavy (non-hydrogen) atoms. The summed E-state index contributed by atoms with van der Waals surface area (Å²) in [5, 5.41) is 19.6. The Hall–Kier alpha value is -6.01. The Labute approximate surface area is 333 Å². The van der Waals surface area contributed by atoms with E-state index in [1.165, 1.54) is 9.80 Å². The third kappa shape index (κ3) is 6.39. The Bertz CT molecular complexity index is 2650. The molecule has 0 saturated carbocycles. The van der Waals surface area contributed by atoms with Crippen LogP contribution in [-0.4, -0.2) is 14.0 Å². The van der Waals surface area contributed by atoms with Crippen LogP contribution in [0.2, 0.25) is 0 Å². The smallest absolute Gasteiger partial charge is 0.657 e. The molecule has 8 heteroatoms. The molecule has 7 aromatic rings. The molecule has 1 aromatic heterocycles. The molecular formula is C45H35N7Pt. The monoisotopic (exact) mass is 874 g/mol. The number of nitrogens with zero attached hydrogens (tertiary/aromatic N) is 7. The van der Waals surface area contributed by atoms with Crippen molar-refractivity contribution in [3.05, 3.63) is 156 Å². The van der Waals surface area contributed by atoms with Crippen molar-refractivity contribution in [2.45, 2.75) is 20.8 Å². The van der Waals surface area contributed by atoms with E-state index in [1.54, 1.807) is 37.6 Å². The van der Waals surface area contributed by atoms with Gasteiger partial charge in [-0.3, -0.25) is 0 Å². The summed E-state index contributed by atoms with van der Waals surface area (Å²) >= 11 is 0. The Morgan fingerprint density at radius 1 is 0.623 bits per heavy atom. The fourth-order valence-electron chi connectivity index (χ4n) is 7.15.